The van der Waals surface area contributed by atoms with Gasteiger partial charge in [-0.3, -0.25) is 0 Å². The fraction of sp³-hybridized carbons (Fsp3) is 0. The lowest BCUT2D eigenvalue weighted by Gasteiger charge is -1.89. The lowest BCUT2D eigenvalue weighted by Crippen LogP contribution is -1.69. The van der Waals surface area contributed by atoms with Crippen molar-refractivity contribution in [2.24, 2.45) is 0 Å². The van der Waals surface area contributed by atoms with E-state index in [1.54, 1.807) is 11.3 Å². The van der Waals surface area contributed by atoms with Crippen LogP contribution in [0.25, 0.3) is 10.1 Å². The summed E-state index contributed by atoms with van der Waals surface area (Å²) in [7, 11) is 0. The second-order valence-corrected chi connectivity index (χ2v) is 3.27. The standard InChI is InChI=1S/C10H6S/c1-2-8-3-4-9-5-6-11-10(9)7-8/h1,3-7H. The summed E-state index contributed by atoms with van der Waals surface area (Å²) in [4.78, 5) is 0. The number of hydrogen-bond donors (Lipinski definition) is 0. The molecule has 0 bridgehead atoms. The monoisotopic (exact) mass is 158 g/mol. The molecule has 1 aromatic heterocycles. The molecule has 0 spiro atoms. The Labute approximate surface area is 69.5 Å². The van der Waals surface area contributed by atoms with Crippen LogP contribution < -0.4 is 0 Å². The zero-order valence-corrected chi connectivity index (χ0v) is 6.69. The van der Waals surface area contributed by atoms with Crippen LogP contribution >= 0.6 is 11.3 Å². The minimum Gasteiger partial charge on any atom is -0.144 e. The SMILES string of the molecule is C#Cc1ccc2ccsc2c1. The molecule has 2 aromatic rings. The lowest BCUT2D eigenvalue weighted by molar-refractivity contribution is 1.76. The summed E-state index contributed by atoms with van der Waals surface area (Å²) >= 11 is 1.72. The molecule has 0 saturated heterocycles. The summed E-state index contributed by atoms with van der Waals surface area (Å²) in [6, 6.07) is 8.16. The molecular formula is C10H6S. The second-order valence-electron chi connectivity index (χ2n) is 2.32. The van der Waals surface area contributed by atoms with Crippen LogP contribution in [0.5, 0.6) is 0 Å². The lowest BCUT2D eigenvalue weighted by atomic mass is 10.2. The Hall–Kier alpha value is -1.26. The van der Waals surface area contributed by atoms with Crippen LogP contribution in [0.4, 0.5) is 0 Å². The predicted molar refractivity (Wildman–Crippen MR) is 49.8 cm³/mol. The first-order valence-corrected chi connectivity index (χ1v) is 4.22. The molecule has 0 amide bonds. The number of terminal acetylenes is 1. The van der Waals surface area contributed by atoms with Gasteiger partial charge < -0.3 is 0 Å². The zero-order valence-electron chi connectivity index (χ0n) is 5.87. The van der Waals surface area contributed by atoms with Crippen LogP contribution in [0.1, 0.15) is 5.56 Å². The van der Waals surface area contributed by atoms with E-state index in [0.717, 1.165) is 5.56 Å². The molecule has 0 fully saturated rings. The van der Waals surface area contributed by atoms with E-state index in [1.165, 1.54) is 10.1 Å². The molecule has 1 heteroatoms. The van der Waals surface area contributed by atoms with Gasteiger partial charge in [-0.25, -0.2) is 0 Å². The Balaban J connectivity index is 2.79. The molecular weight excluding hydrogens is 152 g/mol. The normalized spacial score (nSPS) is 9.73. The van der Waals surface area contributed by atoms with Gasteiger partial charge in [0, 0.05) is 10.3 Å². The summed E-state index contributed by atoms with van der Waals surface area (Å²) in [5, 5.41) is 3.35. The van der Waals surface area contributed by atoms with Crippen molar-refractivity contribution in [3.63, 3.8) is 0 Å². The van der Waals surface area contributed by atoms with Crippen molar-refractivity contribution >= 4 is 21.4 Å². The van der Waals surface area contributed by atoms with Gasteiger partial charge in [0.05, 0.1) is 0 Å². The molecule has 2 rings (SSSR count). The molecule has 1 heterocycles. The van der Waals surface area contributed by atoms with E-state index in [1.807, 2.05) is 12.1 Å². The van der Waals surface area contributed by atoms with Crippen LogP contribution in [0, 0.1) is 12.3 Å². The van der Waals surface area contributed by atoms with Crippen molar-refractivity contribution in [3.05, 3.63) is 35.2 Å². The number of fused-ring (bicyclic) bond motifs is 1. The van der Waals surface area contributed by atoms with Gasteiger partial charge in [0.15, 0.2) is 0 Å². The third-order valence-corrected chi connectivity index (χ3v) is 2.50. The Bertz CT molecular complexity index is 418. The molecule has 0 atom stereocenters. The molecule has 0 aliphatic rings. The van der Waals surface area contributed by atoms with E-state index in [2.05, 4.69) is 23.4 Å². The Morgan fingerprint density at radius 1 is 1.27 bits per heavy atom. The fourth-order valence-electron chi connectivity index (χ4n) is 1.04. The maximum Gasteiger partial charge on any atom is 0.0355 e. The number of thiophene rings is 1. The van der Waals surface area contributed by atoms with Gasteiger partial charge >= 0.3 is 0 Å². The average molecular weight is 158 g/mol. The maximum absolute atomic E-state index is 5.26. The Kier molecular flexibility index (Phi) is 1.41. The summed E-state index contributed by atoms with van der Waals surface area (Å²) in [5.41, 5.74) is 0.958. The minimum atomic E-state index is 0.958. The van der Waals surface area contributed by atoms with E-state index >= 15 is 0 Å². The number of benzene rings is 1. The third kappa shape index (κ3) is 1.02. The van der Waals surface area contributed by atoms with Crippen molar-refractivity contribution in [1.82, 2.24) is 0 Å². The van der Waals surface area contributed by atoms with Crippen LogP contribution in [-0.4, -0.2) is 0 Å². The highest BCUT2D eigenvalue weighted by Gasteiger charge is 1.93. The molecule has 0 aliphatic carbocycles. The highest BCUT2D eigenvalue weighted by atomic mass is 32.1. The predicted octanol–water partition coefficient (Wildman–Crippen LogP) is 2.88. The van der Waals surface area contributed by atoms with E-state index in [0.29, 0.717) is 0 Å². The van der Waals surface area contributed by atoms with Crippen LogP contribution in [-0.2, 0) is 0 Å². The van der Waals surface area contributed by atoms with Gasteiger partial charge in [0.25, 0.3) is 0 Å². The van der Waals surface area contributed by atoms with Crippen LogP contribution in [0.15, 0.2) is 29.6 Å². The summed E-state index contributed by atoms with van der Waals surface area (Å²) < 4.78 is 1.26. The van der Waals surface area contributed by atoms with Crippen molar-refractivity contribution in [2.75, 3.05) is 0 Å². The first-order valence-electron chi connectivity index (χ1n) is 3.34. The van der Waals surface area contributed by atoms with Gasteiger partial charge in [-0.05, 0) is 29.0 Å². The third-order valence-electron chi connectivity index (χ3n) is 1.62. The smallest absolute Gasteiger partial charge is 0.0355 e. The average Bonchev–Trinajstić information content (AvgIpc) is 2.50. The van der Waals surface area contributed by atoms with Gasteiger partial charge in [0.1, 0.15) is 0 Å². The van der Waals surface area contributed by atoms with Gasteiger partial charge in [-0.15, -0.1) is 17.8 Å². The Morgan fingerprint density at radius 2 is 2.18 bits per heavy atom. The molecule has 1 aromatic carbocycles. The molecule has 0 saturated carbocycles. The topological polar surface area (TPSA) is 0 Å². The van der Waals surface area contributed by atoms with Crippen LogP contribution in [0.3, 0.4) is 0 Å². The molecule has 0 radical (unpaired) electrons. The molecule has 52 valence electrons. The van der Waals surface area contributed by atoms with Crippen molar-refractivity contribution in [3.8, 4) is 12.3 Å². The van der Waals surface area contributed by atoms with E-state index in [-0.39, 0.29) is 0 Å². The van der Waals surface area contributed by atoms with Gasteiger partial charge in [0.2, 0.25) is 0 Å². The first-order chi connectivity index (χ1) is 5.40. The fourth-order valence-corrected chi connectivity index (χ4v) is 1.87. The van der Waals surface area contributed by atoms with E-state index in [9.17, 15) is 0 Å². The molecule has 0 N–H and O–H groups in total. The first kappa shape index (κ1) is 6.45. The van der Waals surface area contributed by atoms with Gasteiger partial charge in [-0.1, -0.05) is 12.0 Å². The quantitative estimate of drug-likeness (QED) is 0.517. The summed E-state index contributed by atoms with van der Waals surface area (Å²) in [6.07, 6.45) is 5.26. The molecule has 0 nitrogen and oxygen atoms in total. The summed E-state index contributed by atoms with van der Waals surface area (Å²) in [6.45, 7) is 0. The molecule has 0 aliphatic heterocycles. The van der Waals surface area contributed by atoms with Gasteiger partial charge in [-0.2, -0.15) is 0 Å². The molecule has 0 unspecified atom stereocenters. The van der Waals surface area contributed by atoms with E-state index in [4.69, 9.17) is 6.42 Å². The second kappa shape index (κ2) is 2.41. The maximum atomic E-state index is 5.26. The highest BCUT2D eigenvalue weighted by molar-refractivity contribution is 7.17. The largest absolute Gasteiger partial charge is 0.144 e. The van der Waals surface area contributed by atoms with Crippen LogP contribution in [0.2, 0.25) is 0 Å². The van der Waals surface area contributed by atoms with Crippen molar-refractivity contribution < 1.29 is 0 Å². The highest BCUT2D eigenvalue weighted by Crippen LogP contribution is 2.21. The Morgan fingerprint density at radius 3 is 3.00 bits per heavy atom. The van der Waals surface area contributed by atoms with E-state index < -0.39 is 0 Å². The van der Waals surface area contributed by atoms with Crippen molar-refractivity contribution in [2.45, 2.75) is 0 Å². The zero-order chi connectivity index (χ0) is 7.68. The van der Waals surface area contributed by atoms with Crippen molar-refractivity contribution in [1.29, 1.82) is 0 Å². The number of hydrogen-bond acceptors (Lipinski definition) is 1. The summed E-state index contributed by atoms with van der Waals surface area (Å²) in [5.74, 6) is 2.62. The minimum absolute atomic E-state index is 0.958. The molecule has 11 heavy (non-hydrogen) atoms. The number of rotatable bonds is 0.